The van der Waals surface area contributed by atoms with Gasteiger partial charge in [0.25, 0.3) is 0 Å². The Kier molecular flexibility index (Phi) is 6.12. The van der Waals surface area contributed by atoms with Crippen molar-refractivity contribution in [3.63, 3.8) is 0 Å². The highest BCUT2D eigenvalue weighted by molar-refractivity contribution is 9.10. The van der Waals surface area contributed by atoms with Gasteiger partial charge in [-0.3, -0.25) is 9.59 Å². The largest absolute Gasteiger partial charge is 0.355 e. The van der Waals surface area contributed by atoms with Crippen LogP contribution in [0.2, 0.25) is 0 Å². The lowest BCUT2D eigenvalue weighted by Crippen LogP contribution is -2.40. The van der Waals surface area contributed by atoms with Gasteiger partial charge in [-0.25, -0.2) is 0 Å². The van der Waals surface area contributed by atoms with Crippen LogP contribution in [-0.4, -0.2) is 49.4 Å². The van der Waals surface area contributed by atoms with E-state index in [4.69, 9.17) is 0 Å². The molecule has 2 aliphatic rings. The fourth-order valence-electron chi connectivity index (χ4n) is 3.69. The third kappa shape index (κ3) is 4.61. The van der Waals surface area contributed by atoms with Gasteiger partial charge in [-0.2, -0.15) is 0 Å². The van der Waals surface area contributed by atoms with Crippen LogP contribution in [0.4, 0.5) is 5.69 Å². The van der Waals surface area contributed by atoms with Crippen molar-refractivity contribution in [1.29, 1.82) is 0 Å². The van der Waals surface area contributed by atoms with Crippen LogP contribution in [0.1, 0.15) is 26.2 Å². The summed E-state index contributed by atoms with van der Waals surface area (Å²) in [5, 5.41) is 2.99. The van der Waals surface area contributed by atoms with Gasteiger partial charge >= 0.3 is 0 Å². The summed E-state index contributed by atoms with van der Waals surface area (Å²) in [6, 6.07) is 7.65. The molecule has 0 aromatic heterocycles. The Balaban J connectivity index is 1.50. The fourth-order valence-corrected chi connectivity index (χ4v) is 4.08. The lowest BCUT2D eigenvalue weighted by Gasteiger charge is -2.21. The summed E-state index contributed by atoms with van der Waals surface area (Å²) < 4.78 is 0.932. The molecule has 0 aliphatic carbocycles. The third-order valence-corrected chi connectivity index (χ3v) is 5.53. The first-order valence-corrected chi connectivity index (χ1v) is 9.91. The molecule has 2 amide bonds. The fraction of sp³-hybridized carbons (Fsp3) is 0.579. The van der Waals surface area contributed by atoms with Gasteiger partial charge in [-0.15, -0.1) is 0 Å². The van der Waals surface area contributed by atoms with Crippen LogP contribution in [-0.2, 0) is 9.59 Å². The van der Waals surface area contributed by atoms with Gasteiger partial charge in [0.05, 0.1) is 0 Å². The number of rotatable bonds is 6. The quantitative estimate of drug-likeness (QED) is 0.737. The minimum atomic E-state index is -0.557. The van der Waals surface area contributed by atoms with Crippen molar-refractivity contribution in [1.82, 2.24) is 10.2 Å². The number of hydrogen-bond donors (Lipinski definition) is 1. The Hall–Kier alpha value is -1.40. The lowest BCUT2D eigenvalue weighted by molar-refractivity contribution is -0.132. The Morgan fingerprint density at radius 2 is 2.08 bits per heavy atom. The smallest absolute Gasteiger partial charge is 0.239 e. The molecule has 0 saturated carbocycles. The number of likely N-dealkylation sites (tertiary alicyclic amines) is 1. The number of amides is 2. The van der Waals surface area contributed by atoms with Crippen molar-refractivity contribution in [3.05, 3.63) is 28.7 Å². The van der Waals surface area contributed by atoms with Gasteiger partial charge in [-0.1, -0.05) is 28.9 Å². The zero-order valence-corrected chi connectivity index (χ0v) is 16.3. The van der Waals surface area contributed by atoms with E-state index in [2.05, 4.69) is 33.1 Å². The minimum Gasteiger partial charge on any atom is -0.355 e. The monoisotopic (exact) mass is 407 g/mol. The summed E-state index contributed by atoms with van der Waals surface area (Å²) in [5.74, 6) is -0.378. The van der Waals surface area contributed by atoms with Crippen molar-refractivity contribution in [2.75, 3.05) is 37.6 Å². The number of carbonyl (C=O) groups excluding carboxylic acids is 2. The molecule has 2 unspecified atom stereocenters. The van der Waals surface area contributed by atoms with E-state index in [1.807, 2.05) is 24.3 Å². The molecule has 0 bridgehead atoms. The normalized spacial score (nSPS) is 22.4. The van der Waals surface area contributed by atoms with Crippen LogP contribution >= 0.6 is 15.9 Å². The van der Waals surface area contributed by atoms with Crippen molar-refractivity contribution in [2.45, 2.75) is 26.2 Å². The van der Waals surface area contributed by atoms with Crippen LogP contribution in [0.3, 0.4) is 0 Å². The molecular formula is C19H26BrN3O2. The molecule has 6 heteroatoms. The first-order valence-electron chi connectivity index (χ1n) is 9.11. The van der Waals surface area contributed by atoms with Gasteiger partial charge < -0.3 is 15.1 Å². The van der Waals surface area contributed by atoms with Crippen LogP contribution in [0.5, 0.6) is 0 Å². The molecule has 1 N–H and O–H groups in total. The highest BCUT2D eigenvalue weighted by Crippen LogP contribution is 2.27. The second-order valence-corrected chi connectivity index (χ2v) is 8.08. The number of nitrogens with one attached hydrogen (secondary N) is 1. The second kappa shape index (κ2) is 8.32. The topological polar surface area (TPSA) is 52.7 Å². The molecule has 0 radical (unpaired) electrons. The zero-order chi connectivity index (χ0) is 17.8. The van der Waals surface area contributed by atoms with Gasteiger partial charge in [0.1, 0.15) is 5.92 Å². The number of nitrogens with zero attached hydrogens (tertiary/aromatic N) is 2. The maximum atomic E-state index is 12.6. The molecule has 2 atom stereocenters. The standard InChI is InChI=1S/C19H26BrN3O2/c1-14(13-22-8-2-3-9-22)12-21-18(24)17-7-10-23(19(17)25)16-6-4-5-15(20)11-16/h4-6,11,14,17H,2-3,7-10,12-13H2,1H3,(H,21,24). The minimum absolute atomic E-state index is 0.0946. The number of benzene rings is 1. The summed E-state index contributed by atoms with van der Waals surface area (Å²) >= 11 is 3.43. The maximum Gasteiger partial charge on any atom is 0.239 e. The van der Waals surface area contributed by atoms with Gasteiger partial charge in [0.2, 0.25) is 11.8 Å². The molecule has 0 spiro atoms. The second-order valence-electron chi connectivity index (χ2n) is 7.17. The van der Waals surface area contributed by atoms with Crippen molar-refractivity contribution < 1.29 is 9.59 Å². The molecule has 3 rings (SSSR count). The Bertz CT molecular complexity index is 631. The van der Waals surface area contributed by atoms with Crippen LogP contribution in [0, 0.1) is 11.8 Å². The van der Waals surface area contributed by atoms with Crippen molar-refractivity contribution in [3.8, 4) is 0 Å². The molecule has 2 saturated heterocycles. The number of halogens is 1. The zero-order valence-electron chi connectivity index (χ0n) is 14.7. The molecule has 2 heterocycles. The molecule has 1 aromatic rings. The summed E-state index contributed by atoms with van der Waals surface area (Å²) in [4.78, 5) is 29.2. The average Bonchev–Trinajstić information content (AvgIpc) is 3.22. The van der Waals surface area contributed by atoms with Crippen molar-refractivity contribution >= 4 is 33.4 Å². The lowest BCUT2D eigenvalue weighted by atomic mass is 10.1. The molecule has 2 aliphatic heterocycles. The average molecular weight is 408 g/mol. The van der Waals surface area contributed by atoms with E-state index in [0.717, 1.165) is 16.7 Å². The highest BCUT2D eigenvalue weighted by atomic mass is 79.9. The molecule has 2 fully saturated rings. The first-order chi connectivity index (χ1) is 12.0. The van der Waals surface area contributed by atoms with E-state index in [9.17, 15) is 9.59 Å². The molecular weight excluding hydrogens is 382 g/mol. The van der Waals surface area contributed by atoms with E-state index < -0.39 is 5.92 Å². The Morgan fingerprint density at radius 1 is 1.32 bits per heavy atom. The summed E-state index contributed by atoms with van der Waals surface area (Å²) in [7, 11) is 0. The number of hydrogen-bond acceptors (Lipinski definition) is 3. The van der Waals surface area contributed by atoms with E-state index in [-0.39, 0.29) is 11.8 Å². The molecule has 136 valence electrons. The first kappa shape index (κ1) is 18.4. The van der Waals surface area contributed by atoms with Gasteiger partial charge in [0.15, 0.2) is 0 Å². The SMILES string of the molecule is CC(CNC(=O)C1CCN(c2cccc(Br)c2)C1=O)CN1CCCC1. The van der Waals surface area contributed by atoms with E-state index >= 15 is 0 Å². The predicted molar refractivity (Wildman–Crippen MR) is 102 cm³/mol. The van der Waals surface area contributed by atoms with E-state index in [1.54, 1.807) is 4.90 Å². The van der Waals surface area contributed by atoms with Crippen molar-refractivity contribution in [2.24, 2.45) is 11.8 Å². The highest BCUT2D eigenvalue weighted by Gasteiger charge is 2.37. The van der Waals surface area contributed by atoms with Crippen LogP contribution in [0.15, 0.2) is 28.7 Å². The summed E-state index contributed by atoms with van der Waals surface area (Å²) in [6.45, 7) is 6.74. The third-order valence-electron chi connectivity index (χ3n) is 5.04. The number of carbonyl (C=O) groups is 2. The van der Waals surface area contributed by atoms with Gasteiger partial charge in [-0.05, 0) is 56.5 Å². The van der Waals surface area contributed by atoms with E-state index in [1.165, 1.54) is 25.9 Å². The molecule has 5 nitrogen and oxygen atoms in total. The predicted octanol–water partition coefficient (Wildman–Crippen LogP) is 2.65. The summed E-state index contributed by atoms with van der Waals surface area (Å²) in [6.07, 6.45) is 3.14. The molecule has 1 aromatic carbocycles. The van der Waals surface area contributed by atoms with Crippen LogP contribution < -0.4 is 10.2 Å². The van der Waals surface area contributed by atoms with E-state index in [0.29, 0.717) is 25.4 Å². The molecule has 25 heavy (non-hydrogen) atoms. The van der Waals surface area contributed by atoms with Crippen LogP contribution in [0.25, 0.3) is 0 Å². The Morgan fingerprint density at radius 3 is 2.80 bits per heavy atom. The Labute approximate surface area is 157 Å². The van der Waals surface area contributed by atoms with Gasteiger partial charge in [0, 0.05) is 29.8 Å². The maximum absolute atomic E-state index is 12.6. The summed E-state index contributed by atoms with van der Waals surface area (Å²) in [5.41, 5.74) is 0.845. The number of anilines is 1.